The summed E-state index contributed by atoms with van der Waals surface area (Å²) in [6.07, 6.45) is 3.86. The molecule has 132 valence electrons. The lowest BCUT2D eigenvalue weighted by atomic mass is 9.98. The van der Waals surface area contributed by atoms with Gasteiger partial charge in [-0.3, -0.25) is 19.3 Å². The molecule has 2 N–H and O–H groups in total. The lowest BCUT2D eigenvalue weighted by Crippen LogP contribution is -2.44. The van der Waals surface area contributed by atoms with Crippen LogP contribution in [0.1, 0.15) is 32.1 Å². The lowest BCUT2D eigenvalue weighted by Gasteiger charge is -2.20. The van der Waals surface area contributed by atoms with Crippen molar-refractivity contribution >= 4 is 35.5 Å². The van der Waals surface area contributed by atoms with Crippen molar-refractivity contribution < 1.29 is 19.2 Å². The first kappa shape index (κ1) is 17.1. The number of carbonyl (C=O) groups is 4. The molecule has 0 bridgehead atoms. The van der Waals surface area contributed by atoms with Crippen molar-refractivity contribution in [1.29, 1.82) is 0 Å². The molecule has 0 unspecified atom stereocenters. The van der Waals surface area contributed by atoms with Crippen LogP contribution in [0.5, 0.6) is 0 Å². The minimum atomic E-state index is -0.673. The number of rotatable bonds is 6. The molecular weight excluding hydrogens is 332 g/mol. The second-order valence-electron chi connectivity index (χ2n) is 6.45. The van der Waals surface area contributed by atoms with Gasteiger partial charge in [-0.2, -0.15) is 0 Å². The van der Waals surface area contributed by atoms with E-state index in [0.29, 0.717) is 44.0 Å². The van der Waals surface area contributed by atoms with Gasteiger partial charge in [-0.25, -0.2) is 4.79 Å². The molecule has 8 nitrogen and oxygen atoms in total. The van der Waals surface area contributed by atoms with E-state index in [0.717, 1.165) is 12.8 Å². The van der Waals surface area contributed by atoms with Gasteiger partial charge in [-0.1, -0.05) is 12.8 Å². The zero-order valence-corrected chi connectivity index (χ0v) is 14.3. The monoisotopic (exact) mass is 354 g/mol. The molecule has 24 heavy (non-hydrogen) atoms. The van der Waals surface area contributed by atoms with Gasteiger partial charge < -0.3 is 15.5 Å². The number of hydrogen-bond donors (Lipinski definition) is 2. The van der Waals surface area contributed by atoms with E-state index >= 15 is 0 Å². The van der Waals surface area contributed by atoms with Crippen LogP contribution in [0.25, 0.3) is 0 Å². The van der Waals surface area contributed by atoms with E-state index < -0.39 is 5.54 Å². The molecule has 2 saturated heterocycles. The van der Waals surface area contributed by atoms with Crippen LogP contribution in [-0.2, 0) is 14.4 Å². The predicted octanol–water partition coefficient (Wildman–Crippen LogP) is -0.110. The molecule has 0 radical (unpaired) electrons. The molecule has 0 atom stereocenters. The highest BCUT2D eigenvalue weighted by Gasteiger charge is 2.51. The summed E-state index contributed by atoms with van der Waals surface area (Å²) in [6, 6.07) is -0.326. The summed E-state index contributed by atoms with van der Waals surface area (Å²) in [5.41, 5.74) is -0.673. The van der Waals surface area contributed by atoms with Crippen molar-refractivity contribution in [2.45, 2.75) is 37.6 Å². The molecule has 1 saturated carbocycles. The van der Waals surface area contributed by atoms with Crippen molar-refractivity contribution in [3.63, 3.8) is 0 Å². The molecule has 3 fully saturated rings. The molecule has 3 aliphatic rings. The van der Waals surface area contributed by atoms with Crippen LogP contribution in [-0.4, -0.2) is 70.4 Å². The van der Waals surface area contributed by atoms with Gasteiger partial charge in [0.25, 0.3) is 5.91 Å². The summed E-state index contributed by atoms with van der Waals surface area (Å²) in [4.78, 5) is 50.5. The first-order valence-corrected chi connectivity index (χ1v) is 9.44. The molecule has 1 aliphatic carbocycles. The number of carbonyl (C=O) groups excluding carboxylic acids is 4. The SMILES string of the molecule is O=C(CN1CSCC1=O)NCCCN1C(=O)NC2(CCCC2)C1=O. The molecule has 0 aromatic carbocycles. The maximum Gasteiger partial charge on any atom is 0.325 e. The Balaban J connectivity index is 1.39. The van der Waals surface area contributed by atoms with Crippen LogP contribution in [0.15, 0.2) is 0 Å². The Morgan fingerprint density at radius 2 is 2.00 bits per heavy atom. The third kappa shape index (κ3) is 3.35. The van der Waals surface area contributed by atoms with E-state index in [-0.39, 0.29) is 30.3 Å². The van der Waals surface area contributed by atoms with Crippen LogP contribution < -0.4 is 10.6 Å². The van der Waals surface area contributed by atoms with Gasteiger partial charge >= 0.3 is 6.03 Å². The number of thioether (sulfide) groups is 1. The molecule has 0 aromatic heterocycles. The Morgan fingerprint density at radius 1 is 1.25 bits per heavy atom. The van der Waals surface area contributed by atoms with E-state index in [1.54, 1.807) is 0 Å². The van der Waals surface area contributed by atoms with Crippen LogP contribution in [0.2, 0.25) is 0 Å². The Hall–Kier alpha value is -1.77. The predicted molar refractivity (Wildman–Crippen MR) is 88.1 cm³/mol. The maximum absolute atomic E-state index is 12.4. The first-order chi connectivity index (χ1) is 11.5. The summed E-state index contributed by atoms with van der Waals surface area (Å²) in [5, 5.41) is 5.57. The molecule has 9 heteroatoms. The van der Waals surface area contributed by atoms with Gasteiger partial charge in [0.1, 0.15) is 12.1 Å². The third-order valence-corrected chi connectivity index (χ3v) is 5.69. The van der Waals surface area contributed by atoms with Gasteiger partial charge in [0.2, 0.25) is 11.8 Å². The average Bonchev–Trinajstić information content (AvgIpc) is 3.22. The third-order valence-electron chi connectivity index (χ3n) is 4.74. The zero-order chi connectivity index (χ0) is 17.2. The second kappa shape index (κ2) is 7.00. The topological polar surface area (TPSA) is 98.8 Å². The minimum Gasteiger partial charge on any atom is -0.354 e. The van der Waals surface area contributed by atoms with Gasteiger partial charge in [0, 0.05) is 13.1 Å². The fourth-order valence-corrected chi connectivity index (χ4v) is 4.34. The number of imide groups is 1. The smallest absolute Gasteiger partial charge is 0.325 e. The minimum absolute atomic E-state index is 0.0173. The molecule has 5 amide bonds. The van der Waals surface area contributed by atoms with E-state index in [4.69, 9.17) is 0 Å². The maximum atomic E-state index is 12.4. The summed E-state index contributed by atoms with van der Waals surface area (Å²) in [7, 11) is 0. The highest BCUT2D eigenvalue weighted by molar-refractivity contribution is 8.00. The van der Waals surface area contributed by atoms with Gasteiger partial charge in [0.05, 0.1) is 11.6 Å². The lowest BCUT2D eigenvalue weighted by molar-refractivity contribution is -0.132. The van der Waals surface area contributed by atoms with Crippen molar-refractivity contribution in [1.82, 2.24) is 20.4 Å². The van der Waals surface area contributed by atoms with Crippen molar-refractivity contribution in [2.24, 2.45) is 0 Å². The second-order valence-corrected chi connectivity index (χ2v) is 7.40. The standard InChI is InChI=1S/C15H22N4O4S/c20-11(8-18-10-24-9-12(18)21)16-6-3-7-19-13(22)15(17-14(19)23)4-1-2-5-15/h1-10H2,(H,16,20)(H,17,23). The van der Waals surface area contributed by atoms with Crippen molar-refractivity contribution in [3.05, 3.63) is 0 Å². The molecule has 1 spiro atoms. The van der Waals surface area contributed by atoms with Crippen LogP contribution in [0.4, 0.5) is 4.79 Å². The van der Waals surface area contributed by atoms with Crippen LogP contribution in [0.3, 0.4) is 0 Å². The number of amides is 5. The average molecular weight is 354 g/mol. The number of nitrogens with zero attached hydrogens (tertiary/aromatic N) is 2. The van der Waals surface area contributed by atoms with E-state index in [9.17, 15) is 19.2 Å². The number of urea groups is 1. The van der Waals surface area contributed by atoms with Crippen LogP contribution >= 0.6 is 11.8 Å². The molecule has 0 aromatic rings. The summed E-state index contributed by atoms with van der Waals surface area (Å²) in [5.74, 6) is 0.625. The van der Waals surface area contributed by atoms with E-state index in [2.05, 4.69) is 10.6 Å². The molecule has 2 heterocycles. The Bertz CT molecular complexity index is 562. The van der Waals surface area contributed by atoms with Crippen LogP contribution in [0, 0.1) is 0 Å². The molecular formula is C15H22N4O4S. The summed E-state index contributed by atoms with van der Waals surface area (Å²) >= 11 is 1.49. The van der Waals surface area contributed by atoms with Crippen molar-refractivity contribution in [3.8, 4) is 0 Å². The summed E-state index contributed by atoms with van der Waals surface area (Å²) in [6.45, 7) is 0.737. The largest absolute Gasteiger partial charge is 0.354 e. The van der Waals surface area contributed by atoms with E-state index in [1.165, 1.54) is 21.6 Å². The van der Waals surface area contributed by atoms with E-state index in [1.807, 2.05) is 0 Å². The Labute approximate surface area is 144 Å². The highest BCUT2D eigenvalue weighted by atomic mass is 32.2. The Morgan fingerprint density at radius 3 is 2.67 bits per heavy atom. The Kier molecular flexibility index (Phi) is 4.98. The van der Waals surface area contributed by atoms with Gasteiger partial charge in [-0.15, -0.1) is 11.8 Å². The quantitative estimate of drug-likeness (QED) is 0.512. The van der Waals surface area contributed by atoms with Gasteiger partial charge in [-0.05, 0) is 19.3 Å². The normalized spacial score (nSPS) is 22.6. The van der Waals surface area contributed by atoms with Crippen molar-refractivity contribution in [2.75, 3.05) is 31.3 Å². The summed E-state index contributed by atoms with van der Waals surface area (Å²) < 4.78 is 0. The van der Waals surface area contributed by atoms with Gasteiger partial charge in [0.15, 0.2) is 0 Å². The molecule has 3 rings (SSSR count). The fourth-order valence-electron chi connectivity index (χ4n) is 3.43. The number of hydrogen-bond acceptors (Lipinski definition) is 5. The highest BCUT2D eigenvalue weighted by Crippen LogP contribution is 2.34. The first-order valence-electron chi connectivity index (χ1n) is 8.28. The fraction of sp³-hybridized carbons (Fsp3) is 0.733. The molecule has 2 aliphatic heterocycles. The number of nitrogens with one attached hydrogen (secondary N) is 2. The zero-order valence-electron chi connectivity index (χ0n) is 13.5.